The van der Waals surface area contributed by atoms with Crippen molar-refractivity contribution in [1.82, 2.24) is 5.32 Å². The summed E-state index contributed by atoms with van der Waals surface area (Å²) >= 11 is 0. The number of anilines is 1. The third kappa shape index (κ3) is 6.31. The summed E-state index contributed by atoms with van der Waals surface area (Å²) in [7, 11) is 0. The van der Waals surface area contributed by atoms with E-state index in [4.69, 9.17) is 9.47 Å². The van der Waals surface area contributed by atoms with Crippen LogP contribution in [0.2, 0.25) is 0 Å². The van der Waals surface area contributed by atoms with Gasteiger partial charge in [-0.15, -0.1) is 0 Å². The van der Waals surface area contributed by atoms with Crippen molar-refractivity contribution >= 4 is 11.7 Å². The molecule has 22 heavy (non-hydrogen) atoms. The molecule has 2 amide bonds. The molecule has 1 aromatic rings. The fourth-order valence-electron chi connectivity index (χ4n) is 1.63. The number of halogens is 3. The van der Waals surface area contributed by atoms with Crippen LogP contribution in [0.4, 0.5) is 23.7 Å². The molecule has 0 aliphatic carbocycles. The van der Waals surface area contributed by atoms with E-state index in [1.54, 1.807) is 13.8 Å². The average molecular weight is 320 g/mol. The topological polar surface area (TPSA) is 59.6 Å². The Kier molecular flexibility index (Phi) is 7.13. The summed E-state index contributed by atoms with van der Waals surface area (Å²) in [5.41, 5.74) is -0.513. The second-order valence-corrected chi connectivity index (χ2v) is 4.25. The predicted octanol–water partition coefficient (Wildman–Crippen LogP) is 3.23. The van der Waals surface area contributed by atoms with E-state index >= 15 is 0 Å². The van der Waals surface area contributed by atoms with Crippen molar-refractivity contribution in [2.45, 2.75) is 26.3 Å². The molecule has 0 aliphatic rings. The average Bonchev–Trinajstić information content (AvgIpc) is 2.45. The zero-order valence-electron chi connectivity index (χ0n) is 12.4. The molecule has 0 aliphatic heterocycles. The normalized spacial score (nSPS) is 11.5. The van der Waals surface area contributed by atoms with Gasteiger partial charge in [-0.05, 0) is 38.1 Å². The molecule has 2 N–H and O–H groups in total. The van der Waals surface area contributed by atoms with E-state index in [1.165, 1.54) is 12.1 Å². The number of carbonyl (C=O) groups is 1. The Balaban J connectivity index is 2.47. The number of amides is 2. The number of alkyl halides is 3. The molecule has 5 nitrogen and oxygen atoms in total. The van der Waals surface area contributed by atoms with Crippen molar-refractivity contribution in [3.8, 4) is 0 Å². The highest BCUT2D eigenvalue weighted by Crippen LogP contribution is 2.29. The lowest BCUT2D eigenvalue weighted by Gasteiger charge is -2.17. The first-order valence-electron chi connectivity index (χ1n) is 6.82. The molecule has 0 fully saturated rings. The van der Waals surface area contributed by atoms with Gasteiger partial charge in [0.2, 0.25) is 0 Å². The van der Waals surface area contributed by atoms with E-state index in [2.05, 4.69) is 10.6 Å². The summed E-state index contributed by atoms with van der Waals surface area (Å²) < 4.78 is 47.7. The SMILES string of the molecule is CCOC(CNC(=O)Nc1ccc(C(F)(F)F)cc1)OCC. The smallest absolute Gasteiger partial charge is 0.351 e. The number of nitrogens with one attached hydrogen (secondary N) is 2. The molecule has 0 radical (unpaired) electrons. The second-order valence-electron chi connectivity index (χ2n) is 4.25. The van der Waals surface area contributed by atoms with Crippen molar-refractivity contribution < 1.29 is 27.4 Å². The van der Waals surface area contributed by atoms with E-state index in [9.17, 15) is 18.0 Å². The van der Waals surface area contributed by atoms with Crippen molar-refractivity contribution in [2.24, 2.45) is 0 Å². The minimum Gasteiger partial charge on any atom is -0.351 e. The van der Waals surface area contributed by atoms with Gasteiger partial charge in [0.15, 0.2) is 6.29 Å². The van der Waals surface area contributed by atoms with E-state index in [0.717, 1.165) is 12.1 Å². The standard InChI is InChI=1S/C14H19F3N2O3/c1-3-21-12(22-4-2)9-18-13(20)19-11-7-5-10(6-8-11)14(15,16)17/h5-8,12H,3-4,9H2,1-2H3,(H2,18,19,20). The molecule has 0 spiro atoms. The molecule has 1 rings (SSSR count). The van der Waals surface area contributed by atoms with E-state index in [-0.39, 0.29) is 12.2 Å². The summed E-state index contributed by atoms with van der Waals surface area (Å²) in [5.74, 6) is 0. The molecule has 0 aromatic heterocycles. The van der Waals surface area contributed by atoms with Gasteiger partial charge in [0.25, 0.3) is 0 Å². The van der Waals surface area contributed by atoms with E-state index < -0.39 is 24.1 Å². The number of hydrogen-bond acceptors (Lipinski definition) is 3. The zero-order valence-corrected chi connectivity index (χ0v) is 12.4. The quantitative estimate of drug-likeness (QED) is 0.758. The minimum atomic E-state index is -4.40. The lowest BCUT2D eigenvalue weighted by Crippen LogP contribution is -2.37. The molecule has 124 valence electrons. The van der Waals surface area contributed by atoms with Crippen molar-refractivity contribution in [3.05, 3.63) is 29.8 Å². The number of hydrogen-bond donors (Lipinski definition) is 2. The first kappa shape index (κ1) is 18.2. The lowest BCUT2D eigenvalue weighted by molar-refractivity contribution is -0.137. The van der Waals surface area contributed by atoms with Crippen LogP contribution in [0.3, 0.4) is 0 Å². The molecule has 8 heteroatoms. The van der Waals surface area contributed by atoms with Gasteiger partial charge in [-0.3, -0.25) is 0 Å². The molecule has 0 unspecified atom stereocenters. The van der Waals surface area contributed by atoms with Crippen LogP contribution in [0, 0.1) is 0 Å². The van der Waals surface area contributed by atoms with Gasteiger partial charge in [-0.1, -0.05) is 0 Å². The summed E-state index contributed by atoms with van der Waals surface area (Å²) in [6, 6.07) is 3.62. The molecular weight excluding hydrogens is 301 g/mol. The van der Waals surface area contributed by atoms with Crippen molar-refractivity contribution in [3.63, 3.8) is 0 Å². The van der Waals surface area contributed by atoms with Gasteiger partial charge < -0.3 is 20.1 Å². The number of urea groups is 1. The van der Waals surface area contributed by atoms with Crippen LogP contribution in [0.15, 0.2) is 24.3 Å². The molecule has 1 aromatic carbocycles. The van der Waals surface area contributed by atoms with Crippen LogP contribution >= 0.6 is 0 Å². The van der Waals surface area contributed by atoms with Crippen LogP contribution in [-0.2, 0) is 15.7 Å². The summed E-state index contributed by atoms with van der Waals surface area (Å²) in [6.07, 6.45) is -4.96. The first-order valence-corrected chi connectivity index (χ1v) is 6.82. The van der Waals surface area contributed by atoms with Gasteiger partial charge in [-0.25, -0.2) is 4.79 Å². The van der Waals surface area contributed by atoms with Crippen LogP contribution < -0.4 is 10.6 Å². The van der Waals surface area contributed by atoms with E-state index in [0.29, 0.717) is 13.2 Å². The zero-order chi connectivity index (χ0) is 16.6. The maximum atomic E-state index is 12.4. The number of carbonyl (C=O) groups excluding carboxylic acids is 1. The Labute approximate surface area is 126 Å². The molecule has 0 bridgehead atoms. The third-order valence-corrected chi connectivity index (χ3v) is 2.60. The number of benzene rings is 1. The molecular formula is C14H19F3N2O3. The van der Waals surface area contributed by atoms with Crippen LogP contribution in [0.1, 0.15) is 19.4 Å². The molecule has 0 atom stereocenters. The highest BCUT2D eigenvalue weighted by atomic mass is 19.4. The van der Waals surface area contributed by atoms with Gasteiger partial charge >= 0.3 is 12.2 Å². The Morgan fingerprint density at radius 2 is 1.68 bits per heavy atom. The first-order chi connectivity index (χ1) is 10.4. The van der Waals surface area contributed by atoms with Gasteiger partial charge in [0.1, 0.15) is 0 Å². The Bertz CT molecular complexity index is 457. The summed E-state index contributed by atoms with van der Waals surface area (Å²) in [6.45, 7) is 4.61. The maximum absolute atomic E-state index is 12.4. The Hall–Kier alpha value is -1.80. The highest BCUT2D eigenvalue weighted by molar-refractivity contribution is 5.89. The Morgan fingerprint density at radius 1 is 1.14 bits per heavy atom. The van der Waals surface area contributed by atoms with Crippen LogP contribution in [0.5, 0.6) is 0 Å². The van der Waals surface area contributed by atoms with Crippen LogP contribution in [0.25, 0.3) is 0 Å². The predicted molar refractivity (Wildman–Crippen MR) is 75.5 cm³/mol. The second kappa shape index (κ2) is 8.60. The minimum absolute atomic E-state index is 0.133. The third-order valence-electron chi connectivity index (χ3n) is 2.60. The van der Waals surface area contributed by atoms with Crippen molar-refractivity contribution in [2.75, 3.05) is 25.1 Å². The summed E-state index contributed by atoms with van der Waals surface area (Å²) in [5, 5.41) is 4.96. The van der Waals surface area contributed by atoms with Crippen molar-refractivity contribution in [1.29, 1.82) is 0 Å². The molecule has 0 saturated carbocycles. The monoisotopic (exact) mass is 320 g/mol. The van der Waals surface area contributed by atoms with E-state index in [1.807, 2.05) is 0 Å². The molecule has 0 heterocycles. The fraction of sp³-hybridized carbons (Fsp3) is 0.500. The highest BCUT2D eigenvalue weighted by Gasteiger charge is 2.29. The van der Waals surface area contributed by atoms with Crippen LogP contribution in [-0.4, -0.2) is 32.1 Å². The molecule has 0 saturated heterocycles. The van der Waals surface area contributed by atoms with Gasteiger partial charge in [0, 0.05) is 18.9 Å². The number of rotatable bonds is 7. The Morgan fingerprint density at radius 3 is 2.14 bits per heavy atom. The fourth-order valence-corrected chi connectivity index (χ4v) is 1.63. The largest absolute Gasteiger partial charge is 0.416 e. The van der Waals surface area contributed by atoms with Gasteiger partial charge in [0.05, 0.1) is 12.1 Å². The maximum Gasteiger partial charge on any atom is 0.416 e. The number of ether oxygens (including phenoxy) is 2. The van der Waals surface area contributed by atoms with Gasteiger partial charge in [-0.2, -0.15) is 13.2 Å². The lowest BCUT2D eigenvalue weighted by atomic mass is 10.2. The summed E-state index contributed by atoms with van der Waals surface area (Å²) in [4.78, 5) is 11.7.